The first-order valence-corrected chi connectivity index (χ1v) is 7.89. The quantitative estimate of drug-likeness (QED) is 0.560. The first-order chi connectivity index (χ1) is 10.8. The van der Waals surface area contributed by atoms with E-state index < -0.39 is 5.97 Å². The number of hydrogen-bond donors (Lipinski definition) is 1. The van der Waals surface area contributed by atoms with Crippen molar-refractivity contribution in [3.05, 3.63) is 59.4 Å². The summed E-state index contributed by atoms with van der Waals surface area (Å²) >= 11 is 1.47. The standard InChI is InChI=1S/C16H15N3O2S/c20-16(14-17-11-13-8-10-22-15(13)19-14)21-18-9-4-7-12-5-2-1-3-6-12/h1-3,5-6,8,10-11,18H,4,7,9H2. The molecule has 0 radical (unpaired) electrons. The van der Waals surface area contributed by atoms with Crippen LogP contribution < -0.4 is 5.48 Å². The third kappa shape index (κ3) is 3.66. The molecule has 0 aliphatic heterocycles. The van der Waals surface area contributed by atoms with Crippen molar-refractivity contribution in [3.63, 3.8) is 0 Å². The van der Waals surface area contributed by atoms with Gasteiger partial charge in [-0.2, -0.15) is 5.48 Å². The van der Waals surface area contributed by atoms with Gasteiger partial charge in [-0.3, -0.25) is 0 Å². The lowest BCUT2D eigenvalue weighted by molar-refractivity contribution is 0.0238. The predicted molar refractivity (Wildman–Crippen MR) is 85.6 cm³/mol. The average molecular weight is 313 g/mol. The van der Waals surface area contributed by atoms with Crippen molar-refractivity contribution in [1.29, 1.82) is 0 Å². The maximum atomic E-state index is 11.8. The molecule has 0 bridgehead atoms. The summed E-state index contributed by atoms with van der Waals surface area (Å²) in [5, 5.41) is 2.84. The Kier molecular flexibility index (Phi) is 4.72. The van der Waals surface area contributed by atoms with Gasteiger partial charge >= 0.3 is 5.97 Å². The van der Waals surface area contributed by atoms with Crippen molar-refractivity contribution in [2.75, 3.05) is 6.54 Å². The first kappa shape index (κ1) is 14.6. The summed E-state index contributed by atoms with van der Waals surface area (Å²) in [5.41, 5.74) is 3.94. The summed E-state index contributed by atoms with van der Waals surface area (Å²) < 4.78 is 0. The number of nitrogens with one attached hydrogen (secondary N) is 1. The number of benzene rings is 1. The van der Waals surface area contributed by atoms with Crippen LogP contribution in [0.25, 0.3) is 10.2 Å². The molecular weight excluding hydrogens is 298 g/mol. The molecule has 22 heavy (non-hydrogen) atoms. The predicted octanol–water partition coefficient (Wildman–Crippen LogP) is 2.99. The zero-order valence-corrected chi connectivity index (χ0v) is 12.7. The van der Waals surface area contributed by atoms with E-state index in [4.69, 9.17) is 4.84 Å². The number of hydroxylamine groups is 1. The van der Waals surface area contributed by atoms with Gasteiger partial charge in [-0.25, -0.2) is 14.8 Å². The Labute approximate surface area is 131 Å². The number of nitrogens with zero attached hydrogens (tertiary/aromatic N) is 2. The van der Waals surface area contributed by atoms with Crippen molar-refractivity contribution < 1.29 is 9.63 Å². The number of hydrogen-bond acceptors (Lipinski definition) is 6. The van der Waals surface area contributed by atoms with Crippen LogP contribution in [-0.2, 0) is 11.3 Å². The van der Waals surface area contributed by atoms with E-state index in [9.17, 15) is 4.79 Å². The molecule has 0 aliphatic carbocycles. The van der Waals surface area contributed by atoms with Crippen LogP contribution in [-0.4, -0.2) is 22.5 Å². The number of thiophene rings is 1. The zero-order valence-electron chi connectivity index (χ0n) is 11.9. The maximum absolute atomic E-state index is 11.8. The fraction of sp³-hybridized carbons (Fsp3) is 0.188. The van der Waals surface area contributed by atoms with E-state index in [0.717, 1.165) is 23.1 Å². The molecule has 6 heteroatoms. The van der Waals surface area contributed by atoms with Gasteiger partial charge < -0.3 is 4.84 Å². The summed E-state index contributed by atoms with van der Waals surface area (Å²) in [6.07, 6.45) is 3.44. The smallest absolute Gasteiger partial charge is 0.364 e. The van der Waals surface area contributed by atoms with Gasteiger partial charge in [0.1, 0.15) is 4.83 Å². The van der Waals surface area contributed by atoms with Crippen LogP contribution in [0, 0.1) is 0 Å². The molecule has 0 atom stereocenters. The third-order valence-corrected chi connectivity index (χ3v) is 3.96. The fourth-order valence-electron chi connectivity index (χ4n) is 2.03. The normalized spacial score (nSPS) is 10.7. The van der Waals surface area contributed by atoms with E-state index in [1.54, 1.807) is 6.20 Å². The Morgan fingerprint density at radius 1 is 1.23 bits per heavy atom. The molecular formula is C16H15N3O2S. The van der Waals surface area contributed by atoms with Crippen LogP contribution in [0.5, 0.6) is 0 Å². The Morgan fingerprint density at radius 3 is 2.95 bits per heavy atom. The Balaban J connectivity index is 1.44. The van der Waals surface area contributed by atoms with Gasteiger partial charge in [0, 0.05) is 18.1 Å². The van der Waals surface area contributed by atoms with E-state index >= 15 is 0 Å². The molecule has 2 aromatic heterocycles. The van der Waals surface area contributed by atoms with Crippen LogP contribution in [0.3, 0.4) is 0 Å². The summed E-state index contributed by atoms with van der Waals surface area (Å²) in [6.45, 7) is 0.585. The molecule has 3 aromatic rings. The van der Waals surface area contributed by atoms with Gasteiger partial charge in [-0.1, -0.05) is 30.3 Å². The van der Waals surface area contributed by atoms with Crippen molar-refractivity contribution in [2.45, 2.75) is 12.8 Å². The monoisotopic (exact) mass is 313 g/mol. The highest BCUT2D eigenvalue weighted by molar-refractivity contribution is 7.16. The van der Waals surface area contributed by atoms with Crippen LogP contribution in [0.1, 0.15) is 22.6 Å². The van der Waals surface area contributed by atoms with Gasteiger partial charge in [-0.15, -0.1) is 11.3 Å². The van der Waals surface area contributed by atoms with Crippen molar-refractivity contribution in [2.24, 2.45) is 0 Å². The molecule has 0 aliphatic rings. The fourth-order valence-corrected chi connectivity index (χ4v) is 2.77. The summed E-state index contributed by atoms with van der Waals surface area (Å²) in [6, 6.07) is 12.1. The molecule has 0 saturated heterocycles. The summed E-state index contributed by atoms with van der Waals surface area (Å²) in [5.74, 6) is -0.486. The maximum Gasteiger partial charge on any atom is 0.395 e. The highest BCUT2D eigenvalue weighted by atomic mass is 32.1. The van der Waals surface area contributed by atoms with Gasteiger partial charge in [0.15, 0.2) is 0 Å². The lowest BCUT2D eigenvalue weighted by Gasteiger charge is -2.05. The van der Waals surface area contributed by atoms with Crippen LogP contribution in [0.2, 0.25) is 0 Å². The SMILES string of the molecule is O=C(ONCCCc1ccccc1)c1ncc2ccsc2n1. The molecule has 112 valence electrons. The third-order valence-electron chi connectivity index (χ3n) is 3.14. The minimum Gasteiger partial charge on any atom is -0.364 e. The summed E-state index contributed by atoms with van der Waals surface area (Å²) in [4.78, 5) is 25.8. The van der Waals surface area contributed by atoms with E-state index in [2.05, 4.69) is 27.6 Å². The van der Waals surface area contributed by atoms with Gasteiger partial charge in [0.05, 0.1) is 0 Å². The molecule has 5 nitrogen and oxygen atoms in total. The average Bonchev–Trinajstić information content (AvgIpc) is 3.03. The molecule has 0 unspecified atom stereocenters. The number of rotatable bonds is 6. The second kappa shape index (κ2) is 7.11. The van der Waals surface area contributed by atoms with Gasteiger partial charge in [-0.05, 0) is 29.9 Å². The second-order valence-corrected chi connectivity index (χ2v) is 5.64. The second-order valence-electron chi connectivity index (χ2n) is 4.75. The largest absolute Gasteiger partial charge is 0.395 e. The molecule has 0 spiro atoms. The minimum atomic E-state index is -0.560. The molecule has 3 rings (SSSR count). The molecule has 0 amide bonds. The van der Waals surface area contributed by atoms with Crippen LogP contribution in [0.4, 0.5) is 0 Å². The Hall–Kier alpha value is -2.31. The first-order valence-electron chi connectivity index (χ1n) is 7.01. The number of carbonyl (C=O) groups is 1. The molecule has 1 N–H and O–H groups in total. The molecule has 0 saturated carbocycles. The lowest BCUT2D eigenvalue weighted by Crippen LogP contribution is -2.22. The topological polar surface area (TPSA) is 64.1 Å². The van der Waals surface area contributed by atoms with Gasteiger partial charge in [0.25, 0.3) is 0 Å². The molecule has 2 heterocycles. The van der Waals surface area contributed by atoms with Crippen LogP contribution in [0.15, 0.2) is 48.0 Å². The van der Waals surface area contributed by atoms with Crippen molar-refractivity contribution >= 4 is 27.5 Å². The Morgan fingerprint density at radius 2 is 2.09 bits per heavy atom. The summed E-state index contributed by atoms with van der Waals surface area (Å²) in [7, 11) is 0. The van der Waals surface area contributed by atoms with Crippen LogP contribution >= 0.6 is 11.3 Å². The van der Waals surface area contributed by atoms with E-state index in [1.807, 2.05) is 29.6 Å². The Bertz CT molecular complexity index is 758. The number of aromatic nitrogens is 2. The highest BCUT2D eigenvalue weighted by Gasteiger charge is 2.12. The highest BCUT2D eigenvalue weighted by Crippen LogP contribution is 2.17. The lowest BCUT2D eigenvalue weighted by atomic mass is 10.1. The van der Waals surface area contributed by atoms with E-state index in [1.165, 1.54) is 16.9 Å². The van der Waals surface area contributed by atoms with Crippen molar-refractivity contribution in [1.82, 2.24) is 15.4 Å². The van der Waals surface area contributed by atoms with E-state index in [-0.39, 0.29) is 5.82 Å². The molecule has 1 aromatic carbocycles. The van der Waals surface area contributed by atoms with Gasteiger partial charge in [0.2, 0.25) is 5.82 Å². The minimum absolute atomic E-state index is 0.0745. The van der Waals surface area contributed by atoms with Crippen molar-refractivity contribution in [3.8, 4) is 0 Å². The molecule has 0 fully saturated rings. The zero-order chi connectivity index (χ0) is 15.2. The number of fused-ring (bicyclic) bond motifs is 1. The number of carbonyl (C=O) groups excluding carboxylic acids is 1. The number of aryl methyl sites for hydroxylation is 1. The van der Waals surface area contributed by atoms with E-state index in [0.29, 0.717) is 6.54 Å².